The van der Waals surface area contributed by atoms with E-state index in [-0.39, 0.29) is 0 Å². The lowest BCUT2D eigenvalue weighted by molar-refractivity contribution is 0.324. The summed E-state index contributed by atoms with van der Waals surface area (Å²) in [5, 5.41) is 3.32. The van der Waals surface area contributed by atoms with Crippen molar-refractivity contribution in [2.45, 2.75) is 13.0 Å². The molecule has 0 spiro atoms. The van der Waals surface area contributed by atoms with Crippen molar-refractivity contribution in [2.75, 3.05) is 18.4 Å². The summed E-state index contributed by atoms with van der Waals surface area (Å²) in [5.41, 5.74) is 0. The van der Waals surface area contributed by atoms with Gasteiger partial charge >= 0.3 is 0 Å². The number of rotatable bonds is 3. The average molecular weight is 260 g/mol. The van der Waals surface area contributed by atoms with Crippen LogP contribution in [-0.2, 0) is 6.54 Å². The molecule has 0 saturated carbocycles. The van der Waals surface area contributed by atoms with Gasteiger partial charge < -0.3 is 0 Å². The molecule has 1 aliphatic heterocycles. The van der Waals surface area contributed by atoms with Crippen LogP contribution in [0.4, 0.5) is 0 Å². The predicted octanol–water partition coefficient (Wildman–Crippen LogP) is 2.96. The van der Waals surface area contributed by atoms with Crippen LogP contribution in [-0.4, -0.2) is 23.3 Å². The third-order valence-corrected chi connectivity index (χ3v) is 4.32. The van der Waals surface area contributed by atoms with Crippen molar-refractivity contribution in [1.29, 1.82) is 0 Å². The second-order valence-corrected chi connectivity index (χ2v) is 5.30. The SMILES string of the molecule is BrCC1CCN(Cc2cccs2)C1. The van der Waals surface area contributed by atoms with Crippen LogP contribution in [0, 0.1) is 5.92 Å². The van der Waals surface area contributed by atoms with Crippen LogP contribution < -0.4 is 0 Å². The van der Waals surface area contributed by atoms with Crippen molar-refractivity contribution in [3.8, 4) is 0 Å². The summed E-state index contributed by atoms with van der Waals surface area (Å²) in [6.07, 6.45) is 1.36. The lowest BCUT2D eigenvalue weighted by atomic mass is 10.2. The van der Waals surface area contributed by atoms with E-state index < -0.39 is 0 Å². The number of halogens is 1. The Morgan fingerprint density at radius 1 is 1.62 bits per heavy atom. The molecule has 0 aromatic carbocycles. The smallest absolute Gasteiger partial charge is 0.0328 e. The van der Waals surface area contributed by atoms with E-state index in [1.165, 1.54) is 24.4 Å². The first kappa shape index (κ1) is 9.69. The van der Waals surface area contributed by atoms with Crippen molar-refractivity contribution in [1.82, 2.24) is 4.90 Å². The maximum absolute atomic E-state index is 3.56. The van der Waals surface area contributed by atoms with E-state index >= 15 is 0 Å². The third kappa shape index (κ3) is 2.55. The summed E-state index contributed by atoms with van der Waals surface area (Å²) in [6, 6.07) is 4.37. The molecule has 1 aromatic rings. The molecule has 0 bridgehead atoms. The molecular weight excluding hydrogens is 246 g/mol. The third-order valence-electron chi connectivity index (χ3n) is 2.55. The van der Waals surface area contributed by atoms with Gasteiger partial charge in [-0.2, -0.15) is 0 Å². The molecule has 1 nitrogen and oxygen atoms in total. The molecule has 0 aliphatic carbocycles. The van der Waals surface area contributed by atoms with Gasteiger partial charge in [0.2, 0.25) is 0 Å². The van der Waals surface area contributed by atoms with E-state index in [1.807, 2.05) is 11.3 Å². The van der Waals surface area contributed by atoms with Crippen LogP contribution in [0.3, 0.4) is 0 Å². The summed E-state index contributed by atoms with van der Waals surface area (Å²) >= 11 is 5.42. The Labute approximate surface area is 91.9 Å². The quantitative estimate of drug-likeness (QED) is 0.755. The predicted molar refractivity (Wildman–Crippen MR) is 61.5 cm³/mol. The van der Waals surface area contributed by atoms with Crippen LogP contribution in [0.1, 0.15) is 11.3 Å². The Balaban J connectivity index is 1.84. The van der Waals surface area contributed by atoms with Crippen LogP contribution in [0.5, 0.6) is 0 Å². The van der Waals surface area contributed by atoms with Gasteiger partial charge in [-0.1, -0.05) is 22.0 Å². The standard InChI is InChI=1S/C10H14BrNS/c11-6-9-3-4-12(7-9)8-10-2-1-5-13-10/h1-2,5,9H,3-4,6-8H2. The molecule has 72 valence electrons. The van der Waals surface area contributed by atoms with Crippen molar-refractivity contribution < 1.29 is 0 Å². The summed E-state index contributed by atoms with van der Waals surface area (Å²) in [7, 11) is 0. The van der Waals surface area contributed by atoms with Crippen LogP contribution in [0.25, 0.3) is 0 Å². The molecule has 1 saturated heterocycles. The molecule has 13 heavy (non-hydrogen) atoms. The van der Waals surface area contributed by atoms with Gasteiger partial charge in [-0.25, -0.2) is 0 Å². The van der Waals surface area contributed by atoms with Crippen molar-refractivity contribution >= 4 is 27.3 Å². The molecule has 0 N–H and O–H groups in total. The van der Waals surface area contributed by atoms with Gasteiger partial charge in [0.05, 0.1) is 0 Å². The highest BCUT2D eigenvalue weighted by molar-refractivity contribution is 9.09. The number of likely N-dealkylation sites (tertiary alicyclic amines) is 1. The minimum atomic E-state index is 0.875. The molecule has 1 fully saturated rings. The highest BCUT2D eigenvalue weighted by Gasteiger charge is 2.21. The van der Waals surface area contributed by atoms with Crippen molar-refractivity contribution in [3.05, 3.63) is 22.4 Å². The van der Waals surface area contributed by atoms with Crippen LogP contribution >= 0.6 is 27.3 Å². The zero-order valence-corrected chi connectivity index (χ0v) is 9.98. The summed E-state index contributed by atoms with van der Waals surface area (Å²) in [5.74, 6) is 0.875. The first-order valence-electron chi connectivity index (χ1n) is 4.69. The fourth-order valence-electron chi connectivity index (χ4n) is 1.81. The average Bonchev–Trinajstić information content (AvgIpc) is 2.76. The molecule has 1 atom stereocenters. The minimum absolute atomic E-state index is 0.875. The number of hydrogen-bond donors (Lipinski definition) is 0. The van der Waals surface area contributed by atoms with E-state index in [2.05, 4.69) is 38.3 Å². The number of alkyl halides is 1. The van der Waals surface area contributed by atoms with Gasteiger partial charge in [-0.05, 0) is 30.3 Å². The normalized spacial score (nSPS) is 23.9. The Bertz CT molecular complexity index is 247. The highest BCUT2D eigenvalue weighted by atomic mass is 79.9. The monoisotopic (exact) mass is 259 g/mol. The Hall–Kier alpha value is 0.140. The number of nitrogens with zero attached hydrogens (tertiary/aromatic N) is 1. The van der Waals surface area contributed by atoms with Gasteiger partial charge in [0.1, 0.15) is 0 Å². The fourth-order valence-corrected chi connectivity index (χ4v) is 3.08. The zero-order chi connectivity index (χ0) is 9.10. The van der Waals surface area contributed by atoms with Crippen LogP contribution in [0.15, 0.2) is 17.5 Å². The maximum Gasteiger partial charge on any atom is 0.0328 e. The molecule has 2 heterocycles. The van der Waals surface area contributed by atoms with Crippen molar-refractivity contribution in [2.24, 2.45) is 5.92 Å². The van der Waals surface area contributed by atoms with Gasteiger partial charge in [0.25, 0.3) is 0 Å². The lowest BCUT2D eigenvalue weighted by Crippen LogP contribution is -2.19. The summed E-state index contributed by atoms with van der Waals surface area (Å²) < 4.78 is 0. The largest absolute Gasteiger partial charge is 0.298 e. The lowest BCUT2D eigenvalue weighted by Gasteiger charge is -2.13. The summed E-state index contributed by atoms with van der Waals surface area (Å²) in [6.45, 7) is 3.69. The first-order chi connectivity index (χ1) is 6.38. The fraction of sp³-hybridized carbons (Fsp3) is 0.600. The van der Waals surface area contributed by atoms with E-state index in [9.17, 15) is 0 Å². The maximum atomic E-state index is 3.56. The van der Waals surface area contributed by atoms with E-state index in [0.717, 1.165) is 17.8 Å². The van der Waals surface area contributed by atoms with E-state index in [1.54, 1.807) is 0 Å². The van der Waals surface area contributed by atoms with Gasteiger partial charge in [-0.15, -0.1) is 11.3 Å². The topological polar surface area (TPSA) is 3.24 Å². The van der Waals surface area contributed by atoms with Gasteiger partial charge in [0, 0.05) is 23.3 Å². The minimum Gasteiger partial charge on any atom is -0.298 e. The number of hydrogen-bond acceptors (Lipinski definition) is 2. The molecule has 0 radical (unpaired) electrons. The zero-order valence-electron chi connectivity index (χ0n) is 7.58. The van der Waals surface area contributed by atoms with Gasteiger partial charge in [0.15, 0.2) is 0 Å². The van der Waals surface area contributed by atoms with Crippen LogP contribution in [0.2, 0.25) is 0 Å². The molecule has 3 heteroatoms. The number of thiophene rings is 1. The second kappa shape index (κ2) is 4.58. The molecule has 2 rings (SSSR count). The Kier molecular flexibility index (Phi) is 3.41. The molecule has 0 amide bonds. The van der Waals surface area contributed by atoms with Crippen molar-refractivity contribution in [3.63, 3.8) is 0 Å². The molecule has 1 unspecified atom stereocenters. The summed E-state index contributed by atoms with van der Waals surface area (Å²) in [4.78, 5) is 4.05. The molecule has 1 aromatic heterocycles. The van der Waals surface area contributed by atoms with E-state index in [4.69, 9.17) is 0 Å². The second-order valence-electron chi connectivity index (χ2n) is 3.62. The molecular formula is C10H14BrNS. The van der Waals surface area contributed by atoms with E-state index in [0.29, 0.717) is 0 Å². The molecule has 1 aliphatic rings. The Morgan fingerprint density at radius 2 is 2.54 bits per heavy atom. The Morgan fingerprint density at radius 3 is 3.15 bits per heavy atom. The van der Waals surface area contributed by atoms with Gasteiger partial charge in [-0.3, -0.25) is 4.90 Å². The first-order valence-corrected chi connectivity index (χ1v) is 6.69. The highest BCUT2D eigenvalue weighted by Crippen LogP contribution is 2.21.